The Morgan fingerprint density at radius 2 is 2.22 bits per heavy atom. The largest absolute Gasteiger partial charge is 0.475 e. The van der Waals surface area contributed by atoms with Crippen LogP contribution in [0.5, 0.6) is 5.88 Å². The van der Waals surface area contributed by atoms with Gasteiger partial charge in [0.15, 0.2) is 5.96 Å². The lowest BCUT2D eigenvalue weighted by atomic mass is 9.96. The number of aliphatic imine (C=N–C) groups is 1. The molecule has 3 unspecified atom stereocenters. The number of halogens is 4. The van der Waals surface area contributed by atoms with Crippen LogP contribution < -0.4 is 15.4 Å². The molecule has 0 amide bonds. The molecule has 2 saturated heterocycles. The maximum absolute atomic E-state index is 12.9. The maximum Gasteiger partial charge on any atom is 0.421 e. The molecule has 2 fully saturated rings. The third-order valence-corrected chi connectivity index (χ3v) is 4.45. The number of aromatic nitrogens is 1. The highest BCUT2D eigenvalue weighted by molar-refractivity contribution is 14.0. The number of nitrogens with one attached hydrogen (secondary N) is 2. The number of hydrogen-bond donors (Lipinski definition) is 2. The molecular formula is C17H24F3IN4O2. The van der Waals surface area contributed by atoms with E-state index in [-0.39, 0.29) is 49.3 Å². The summed E-state index contributed by atoms with van der Waals surface area (Å²) < 4.78 is 49.7. The van der Waals surface area contributed by atoms with Crippen molar-refractivity contribution in [1.82, 2.24) is 15.6 Å². The van der Waals surface area contributed by atoms with Gasteiger partial charge in [0.2, 0.25) is 5.88 Å². The Hall–Kier alpha value is -1.30. The number of ether oxygens (including phenoxy) is 2. The SMILES string of the molecule is CCNC(=NCCOc1ncccc1C(F)(F)F)NC1CC2CCC1O2.I. The summed E-state index contributed by atoms with van der Waals surface area (Å²) in [5.74, 6) is 0.198. The van der Waals surface area contributed by atoms with Gasteiger partial charge >= 0.3 is 6.18 Å². The predicted octanol–water partition coefficient (Wildman–Crippen LogP) is 2.97. The van der Waals surface area contributed by atoms with Crippen molar-refractivity contribution in [2.24, 2.45) is 4.99 Å². The second-order valence-corrected chi connectivity index (χ2v) is 6.32. The average molecular weight is 500 g/mol. The van der Waals surface area contributed by atoms with Gasteiger partial charge in [-0.1, -0.05) is 0 Å². The van der Waals surface area contributed by atoms with Gasteiger partial charge in [-0.2, -0.15) is 13.2 Å². The van der Waals surface area contributed by atoms with Gasteiger partial charge < -0.3 is 20.1 Å². The van der Waals surface area contributed by atoms with E-state index in [0.717, 1.165) is 25.3 Å². The van der Waals surface area contributed by atoms with E-state index in [1.165, 1.54) is 12.3 Å². The molecule has 2 N–H and O–H groups in total. The highest BCUT2D eigenvalue weighted by Crippen LogP contribution is 2.35. The number of alkyl halides is 3. The normalized spacial score (nSPS) is 24.4. The Balaban J connectivity index is 0.00000261. The van der Waals surface area contributed by atoms with Gasteiger partial charge in [-0.15, -0.1) is 24.0 Å². The summed E-state index contributed by atoms with van der Waals surface area (Å²) in [5, 5.41) is 6.48. The molecule has 2 aliphatic rings. The fourth-order valence-electron chi connectivity index (χ4n) is 3.31. The summed E-state index contributed by atoms with van der Waals surface area (Å²) in [4.78, 5) is 8.04. The molecular weight excluding hydrogens is 476 g/mol. The monoisotopic (exact) mass is 500 g/mol. The van der Waals surface area contributed by atoms with Gasteiger partial charge in [0.1, 0.15) is 12.2 Å². The van der Waals surface area contributed by atoms with Crippen LogP contribution >= 0.6 is 24.0 Å². The topological polar surface area (TPSA) is 67.8 Å². The van der Waals surface area contributed by atoms with Crippen LogP contribution in [-0.4, -0.2) is 48.9 Å². The van der Waals surface area contributed by atoms with Crippen LogP contribution in [0.1, 0.15) is 31.7 Å². The Labute approximate surface area is 173 Å². The Kier molecular flexibility index (Phi) is 7.95. The first-order valence-electron chi connectivity index (χ1n) is 8.82. The van der Waals surface area contributed by atoms with Gasteiger partial charge in [-0.25, -0.2) is 9.98 Å². The zero-order valence-corrected chi connectivity index (χ0v) is 17.3. The first kappa shape index (κ1) is 22.0. The van der Waals surface area contributed by atoms with Crippen LogP contribution in [-0.2, 0) is 10.9 Å². The quantitative estimate of drug-likeness (QED) is 0.272. The molecule has 0 aliphatic carbocycles. The van der Waals surface area contributed by atoms with Crippen LogP contribution in [0.3, 0.4) is 0 Å². The van der Waals surface area contributed by atoms with E-state index in [2.05, 4.69) is 20.6 Å². The van der Waals surface area contributed by atoms with Gasteiger partial charge in [0.25, 0.3) is 0 Å². The van der Waals surface area contributed by atoms with E-state index in [0.29, 0.717) is 18.6 Å². The second kappa shape index (κ2) is 9.76. The standard InChI is InChI=1S/C17H23F3N4O2.HI/c1-2-21-16(24-13-10-11-5-6-14(13)26-11)23-8-9-25-15-12(17(18,19)20)4-3-7-22-15;/h3-4,7,11,13-14H,2,5-6,8-10H2,1H3,(H2,21,23,24);1H. The molecule has 0 radical (unpaired) electrons. The average Bonchev–Trinajstić information content (AvgIpc) is 3.21. The van der Waals surface area contributed by atoms with E-state index in [1.54, 1.807) is 0 Å². The molecule has 3 heterocycles. The molecule has 10 heteroatoms. The minimum absolute atomic E-state index is 0. The molecule has 152 valence electrons. The highest BCUT2D eigenvalue weighted by atomic mass is 127. The van der Waals surface area contributed by atoms with Gasteiger partial charge in [-0.3, -0.25) is 0 Å². The first-order valence-corrected chi connectivity index (χ1v) is 8.82. The third-order valence-electron chi connectivity index (χ3n) is 4.45. The van der Waals surface area contributed by atoms with Crippen molar-refractivity contribution >= 4 is 29.9 Å². The third kappa shape index (κ3) is 5.84. The minimum atomic E-state index is -4.49. The van der Waals surface area contributed by atoms with Crippen molar-refractivity contribution in [2.45, 2.75) is 50.6 Å². The number of rotatable bonds is 6. The number of fused-ring (bicyclic) bond motifs is 2. The molecule has 1 aromatic rings. The molecule has 3 atom stereocenters. The number of pyridine rings is 1. The molecule has 0 spiro atoms. The minimum Gasteiger partial charge on any atom is -0.475 e. The van der Waals surface area contributed by atoms with Crippen LogP contribution in [0.25, 0.3) is 0 Å². The molecule has 3 rings (SSSR count). The number of nitrogens with zero attached hydrogens (tertiary/aromatic N) is 2. The van der Waals surface area contributed by atoms with Crippen molar-refractivity contribution in [3.05, 3.63) is 23.9 Å². The molecule has 0 aromatic carbocycles. The van der Waals surface area contributed by atoms with Crippen molar-refractivity contribution in [3.63, 3.8) is 0 Å². The van der Waals surface area contributed by atoms with Crippen molar-refractivity contribution in [3.8, 4) is 5.88 Å². The Morgan fingerprint density at radius 1 is 1.41 bits per heavy atom. The lowest BCUT2D eigenvalue weighted by Gasteiger charge is -2.22. The van der Waals surface area contributed by atoms with Gasteiger partial charge in [0.05, 0.1) is 24.8 Å². The van der Waals surface area contributed by atoms with Crippen LogP contribution in [0, 0.1) is 0 Å². The lowest BCUT2D eigenvalue weighted by Crippen LogP contribution is -2.47. The van der Waals surface area contributed by atoms with E-state index in [4.69, 9.17) is 9.47 Å². The summed E-state index contributed by atoms with van der Waals surface area (Å²) in [5.41, 5.74) is -0.881. The van der Waals surface area contributed by atoms with Gasteiger partial charge in [-0.05, 0) is 38.3 Å². The second-order valence-electron chi connectivity index (χ2n) is 6.32. The number of guanidine groups is 1. The molecule has 0 saturated carbocycles. The van der Waals surface area contributed by atoms with Crippen molar-refractivity contribution in [2.75, 3.05) is 19.7 Å². The van der Waals surface area contributed by atoms with Gasteiger partial charge in [0, 0.05) is 12.7 Å². The zero-order valence-electron chi connectivity index (χ0n) is 15.0. The highest BCUT2D eigenvalue weighted by Gasteiger charge is 2.41. The molecule has 27 heavy (non-hydrogen) atoms. The van der Waals surface area contributed by atoms with E-state index < -0.39 is 17.6 Å². The van der Waals surface area contributed by atoms with E-state index >= 15 is 0 Å². The summed E-state index contributed by atoms with van der Waals surface area (Å²) in [6.45, 7) is 2.86. The molecule has 2 aliphatic heterocycles. The van der Waals surface area contributed by atoms with Crippen LogP contribution in [0.2, 0.25) is 0 Å². The fourth-order valence-corrected chi connectivity index (χ4v) is 3.31. The summed E-state index contributed by atoms with van der Waals surface area (Å²) >= 11 is 0. The van der Waals surface area contributed by atoms with E-state index in [9.17, 15) is 13.2 Å². The van der Waals surface area contributed by atoms with Crippen molar-refractivity contribution < 1.29 is 22.6 Å². The van der Waals surface area contributed by atoms with Crippen LogP contribution in [0.4, 0.5) is 13.2 Å². The Bertz CT molecular complexity index is 645. The van der Waals surface area contributed by atoms with E-state index in [1.807, 2.05) is 6.92 Å². The fraction of sp³-hybridized carbons (Fsp3) is 0.647. The molecule has 1 aromatic heterocycles. The summed E-state index contributed by atoms with van der Waals surface area (Å²) in [6, 6.07) is 2.41. The summed E-state index contributed by atoms with van der Waals surface area (Å²) in [7, 11) is 0. The smallest absolute Gasteiger partial charge is 0.421 e. The molecule has 2 bridgehead atoms. The number of hydrogen-bond acceptors (Lipinski definition) is 4. The predicted molar refractivity (Wildman–Crippen MR) is 106 cm³/mol. The molecule has 6 nitrogen and oxygen atoms in total. The lowest BCUT2D eigenvalue weighted by molar-refractivity contribution is -0.139. The van der Waals surface area contributed by atoms with Crippen LogP contribution in [0.15, 0.2) is 23.3 Å². The first-order chi connectivity index (χ1) is 12.5. The summed E-state index contributed by atoms with van der Waals surface area (Å²) in [6.07, 6.45) is 0.422. The van der Waals surface area contributed by atoms with Crippen molar-refractivity contribution in [1.29, 1.82) is 0 Å². The Morgan fingerprint density at radius 3 is 2.85 bits per heavy atom. The maximum atomic E-state index is 12.9. The zero-order chi connectivity index (χ0) is 18.6.